The molecule has 4 heteroatoms. The van der Waals surface area contributed by atoms with E-state index in [1.54, 1.807) is 36.4 Å². The zero-order valence-electron chi connectivity index (χ0n) is 9.83. The third-order valence-corrected chi connectivity index (χ3v) is 2.49. The van der Waals surface area contributed by atoms with E-state index in [2.05, 4.69) is 0 Å². The van der Waals surface area contributed by atoms with Crippen LogP contribution < -0.4 is 4.74 Å². The van der Waals surface area contributed by atoms with Crippen LogP contribution in [0.15, 0.2) is 48.5 Å². The molecule has 2 aromatic rings. The Morgan fingerprint density at radius 3 is 2.33 bits per heavy atom. The largest absolute Gasteiger partial charge is 0.507 e. The van der Waals surface area contributed by atoms with Gasteiger partial charge in [-0.25, -0.2) is 0 Å². The smallest absolute Gasteiger partial charge is 0.196 e. The molecule has 0 fully saturated rings. The number of carbonyl (C=O) groups excluding carboxylic acids is 1. The Labute approximate surface area is 125 Å². The molecule has 0 amide bonds. The van der Waals surface area contributed by atoms with Gasteiger partial charge in [0.25, 0.3) is 0 Å². The van der Waals surface area contributed by atoms with Crippen LogP contribution in [-0.4, -0.2) is 44.2 Å². The van der Waals surface area contributed by atoms with E-state index in [9.17, 15) is 9.90 Å². The Hall–Kier alpha value is -1.41. The summed E-state index contributed by atoms with van der Waals surface area (Å²) in [6, 6.07) is 13.5. The number of ether oxygens (including phenoxy) is 1. The molecule has 0 saturated heterocycles. The summed E-state index contributed by atoms with van der Waals surface area (Å²) in [7, 11) is 1.51. The first kappa shape index (κ1) is 14.7. The third kappa shape index (κ3) is 3.08. The molecule has 0 aliphatic heterocycles. The summed E-state index contributed by atoms with van der Waals surface area (Å²) in [6.45, 7) is 0. The van der Waals surface area contributed by atoms with Crippen LogP contribution in [0.1, 0.15) is 15.9 Å². The molecule has 3 radical (unpaired) electrons. The average Bonchev–Trinajstić information content (AvgIpc) is 2.39. The summed E-state index contributed by atoms with van der Waals surface area (Å²) >= 11 is 0. The van der Waals surface area contributed by atoms with Crippen molar-refractivity contribution in [1.29, 1.82) is 0 Å². The Morgan fingerprint density at radius 2 is 1.78 bits per heavy atom. The SMILES string of the molecule is COc1ccc(C(=O)c2ccccc2)c(O)c1.[Bi]. The molecule has 0 spiro atoms. The van der Waals surface area contributed by atoms with E-state index < -0.39 is 0 Å². The van der Waals surface area contributed by atoms with E-state index in [-0.39, 0.29) is 43.3 Å². The second-order valence-corrected chi connectivity index (χ2v) is 3.58. The van der Waals surface area contributed by atoms with Gasteiger partial charge in [0.1, 0.15) is 11.5 Å². The number of aromatic hydroxyl groups is 1. The minimum Gasteiger partial charge on any atom is -0.507 e. The van der Waals surface area contributed by atoms with Crippen LogP contribution in [0.4, 0.5) is 0 Å². The van der Waals surface area contributed by atoms with Crippen LogP contribution in [0.2, 0.25) is 0 Å². The van der Waals surface area contributed by atoms with Crippen molar-refractivity contribution in [2.45, 2.75) is 0 Å². The molecular weight excluding hydrogens is 425 g/mol. The van der Waals surface area contributed by atoms with Crippen LogP contribution in [0.25, 0.3) is 0 Å². The molecule has 0 aliphatic rings. The number of hydrogen-bond acceptors (Lipinski definition) is 3. The Balaban J connectivity index is 0.00000162. The van der Waals surface area contributed by atoms with E-state index in [0.29, 0.717) is 11.3 Å². The number of rotatable bonds is 3. The van der Waals surface area contributed by atoms with Crippen molar-refractivity contribution in [2.24, 2.45) is 0 Å². The molecular formula is C14H12BiO3. The van der Waals surface area contributed by atoms with E-state index in [1.165, 1.54) is 13.2 Å². The van der Waals surface area contributed by atoms with Crippen molar-refractivity contribution in [3.63, 3.8) is 0 Å². The van der Waals surface area contributed by atoms with Crippen molar-refractivity contribution < 1.29 is 14.6 Å². The van der Waals surface area contributed by atoms with Crippen LogP contribution in [0, 0.1) is 0 Å². The topological polar surface area (TPSA) is 46.5 Å². The maximum Gasteiger partial charge on any atom is 0.196 e. The van der Waals surface area contributed by atoms with Gasteiger partial charge in [-0.3, -0.25) is 4.79 Å². The molecule has 0 atom stereocenters. The van der Waals surface area contributed by atoms with Crippen molar-refractivity contribution in [3.8, 4) is 11.5 Å². The zero-order valence-corrected chi connectivity index (χ0v) is 13.3. The summed E-state index contributed by atoms with van der Waals surface area (Å²) in [5.41, 5.74) is 0.824. The number of ketones is 1. The van der Waals surface area contributed by atoms with Gasteiger partial charge in [-0.15, -0.1) is 0 Å². The Morgan fingerprint density at radius 1 is 1.11 bits per heavy atom. The maximum atomic E-state index is 12.1. The summed E-state index contributed by atoms with van der Waals surface area (Å²) < 4.78 is 4.96. The fraction of sp³-hybridized carbons (Fsp3) is 0.0714. The molecule has 2 aromatic carbocycles. The molecule has 0 aromatic heterocycles. The van der Waals surface area contributed by atoms with E-state index in [4.69, 9.17) is 4.74 Å². The zero-order chi connectivity index (χ0) is 12.3. The van der Waals surface area contributed by atoms with Crippen LogP contribution >= 0.6 is 0 Å². The molecule has 0 heterocycles. The van der Waals surface area contributed by atoms with Gasteiger partial charge in [0.05, 0.1) is 12.7 Å². The van der Waals surface area contributed by atoms with Gasteiger partial charge in [0.2, 0.25) is 0 Å². The molecule has 18 heavy (non-hydrogen) atoms. The summed E-state index contributed by atoms with van der Waals surface area (Å²) in [5, 5.41) is 9.75. The van der Waals surface area contributed by atoms with Crippen molar-refractivity contribution in [3.05, 3.63) is 59.7 Å². The standard InChI is InChI=1S/C14H12O3.Bi/c1-17-11-7-8-12(13(15)9-11)14(16)10-5-3-2-4-6-10;/h2-9,15H,1H3;. The monoisotopic (exact) mass is 437 g/mol. The molecule has 0 aliphatic carbocycles. The first-order valence-electron chi connectivity index (χ1n) is 5.19. The summed E-state index contributed by atoms with van der Waals surface area (Å²) in [6.07, 6.45) is 0. The number of phenols is 1. The molecule has 91 valence electrons. The van der Waals surface area contributed by atoms with Crippen LogP contribution in [-0.2, 0) is 0 Å². The van der Waals surface area contributed by atoms with Gasteiger partial charge in [-0.2, -0.15) is 0 Å². The molecule has 0 saturated carbocycles. The fourth-order valence-corrected chi connectivity index (χ4v) is 1.58. The minimum absolute atomic E-state index is 0. The number of carbonyl (C=O) groups is 1. The van der Waals surface area contributed by atoms with E-state index >= 15 is 0 Å². The van der Waals surface area contributed by atoms with Crippen LogP contribution in [0.3, 0.4) is 0 Å². The van der Waals surface area contributed by atoms with Crippen molar-refractivity contribution in [1.82, 2.24) is 0 Å². The van der Waals surface area contributed by atoms with Crippen molar-refractivity contribution >= 4 is 32.0 Å². The number of benzene rings is 2. The maximum absolute atomic E-state index is 12.1. The summed E-state index contributed by atoms with van der Waals surface area (Å²) in [5.74, 6) is 0.246. The van der Waals surface area contributed by atoms with Crippen molar-refractivity contribution in [2.75, 3.05) is 7.11 Å². The van der Waals surface area contributed by atoms with E-state index in [0.717, 1.165) is 0 Å². The predicted molar refractivity (Wildman–Crippen MR) is 70.3 cm³/mol. The average molecular weight is 437 g/mol. The second kappa shape index (κ2) is 6.51. The third-order valence-electron chi connectivity index (χ3n) is 2.49. The fourth-order valence-electron chi connectivity index (χ4n) is 1.58. The number of hydrogen-bond donors (Lipinski definition) is 1. The summed E-state index contributed by atoms with van der Waals surface area (Å²) in [4.78, 5) is 12.1. The molecule has 3 nitrogen and oxygen atoms in total. The minimum atomic E-state index is -0.203. The Bertz CT molecular complexity index is 538. The molecule has 2 rings (SSSR count). The molecule has 0 bridgehead atoms. The van der Waals surface area contributed by atoms with Gasteiger partial charge in [-0.1, -0.05) is 30.3 Å². The van der Waals surface area contributed by atoms with Gasteiger partial charge in [0.15, 0.2) is 5.78 Å². The number of phenolic OH excluding ortho intramolecular Hbond substituents is 1. The van der Waals surface area contributed by atoms with Crippen LogP contribution in [0.5, 0.6) is 11.5 Å². The first-order valence-corrected chi connectivity index (χ1v) is 5.19. The van der Waals surface area contributed by atoms with Gasteiger partial charge >= 0.3 is 0 Å². The predicted octanol–water partition coefficient (Wildman–Crippen LogP) is 2.25. The number of methoxy groups -OCH3 is 1. The van der Waals surface area contributed by atoms with E-state index in [1.807, 2.05) is 6.07 Å². The van der Waals surface area contributed by atoms with Gasteiger partial charge in [0, 0.05) is 37.8 Å². The second-order valence-electron chi connectivity index (χ2n) is 3.58. The first-order chi connectivity index (χ1) is 8.22. The normalized spacial score (nSPS) is 9.39. The quantitative estimate of drug-likeness (QED) is 0.592. The van der Waals surface area contributed by atoms with Gasteiger partial charge in [-0.05, 0) is 12.1 Å². The Kier molecular flexibility index (Phi) is 5.30. The molecule has 0 unspecified atom stereocenters. The van der Waals surface area contributed by atoms with Gasteiger partial charge < -0.3 is 9.84 Å². The molecule has 1 N–H and O–H groups in total.